The number of anilines is 1. The van der Waals surface area contributed by atoms with E-state index in [0.29, 0.717) is 31.4 Å². The van der Waals surface area contributed by atoms with Crippen LogP contribution in [-0.4, -0.2) is 31.0 Å². The Morgan fingerprint density at radius 2 is 2.00 bits per heavy atom. The third-order valence-electron chi connectivity index (χ3n) is 2.35. The van der Waals surface area contributed by atoms with Gasteiger partial charge in [-0.25, -0.2) is 4.39 Å². The van der Waals surface area contributed by atoms with Crippen molar-refractivity contribution in [1.29, 1.82) is 0 Å². The Balaban J connectivity index is 2.31. The molecule has 0 aliphatic heterocycles. The Morgan fingerprint density at radius 3 is 2.61 bits per heavy atom. The zero-order valence-electron chi connectivity index (χ0n) is 11.2. The second-order valence-corrected chi connectivity index (χ2v) is 4.98. The molecule has 0 saturated carbocycles. The van der Waals surface area contributed by atoms with Crippen LogP contribution in [0.3, 0.4) is 0 Å². The molecule has 1 aromatic carbocycles. The van der Waals surface area contributed by atoms with Crippen LogP contribution < -0.4 is 5.32 Å². The van der Waals surface area contributed by atoms with Crippen molar-refractivity contribution < 1.29 is 14.2 Å². The molecule has 0 spiro atoms. The lowest BCUT2D eigenvalue weighted by Crippen LogP contribution is -2.25. The average Bonchev–Trinajstić information content (AvgIpc) is 2.24. The fraction of sp³-hybridized carbons (Fsp3) is 0.571. The molecular formula is C14H22FNO2. The van der Waals surface area contributed by atoms with Gasteiger partial charge in [0.15, 0.2) is 0 Å². The molecule has 0 heterocycles. The summed E-state index contributed by atoms with van der Waals surface area (Å²) >= 11 is 0. The molecule has 0 saturated heterocycles. The summed E-state index contributed by atoms with van der Waals surface area (Å²) in [5.74, 6) is 0.180. The quantitative estimate of drug-likeness (QED) is 0.787. The Bertz CT molecular complexity index is 349. The standard InChI is InChI=1S/C14H22FNO2/c1-10(2)8-18-9-14(17)7-16-13-5-11(3)4-12(15)6-13/h4-6,10,14,16-17H,7-9H2,1-3H3. The molecular weight excluding hydrogens is 233 g/mol. The van der Waals surface area contributed by atoms with Gasteiger partial charge in [0, 0.05) is 18.8 Å². The number of ether oxygens (including phenoxy) is 1. The molecule has 1 atom stereocenters. The highest BCUT2D eigenvalue weighted by molar-refractivity contribution is 5.46. The van der Waals surface area contributed by atoms with Crippen molar-refractivity contribution in [3.63, 3.8) is 0 Å². The molecule has 3 nitrogen and oxygen atoms in total. The number of rotatable bonds is 7. The normalized spacial score (nSPS) is 12.8. The molecule has 4 heteroatoms. The fourth-order valence-electron chi connectivity index (χ4n) is 1.57. The van der Waals surface area contributed by atoms with Crippen molar-refractivity contribution in [3.8, 4) is 0 Å². The van der Waals surface area contributed by atoms with Crippen LogP contribution in [0.5, 0.6) is 0 Å². The van der Waals surface area contributed by atoms with Gasteiger partial charge >= 0.3 is 0 Å². The van der Waals surface area contributed by atoms with Crippen molar-refractivity contribution in [2.75, 3.05) is 25.1 Å². The summed E-state index contributed by atoms with van der Waals surface area (Å²) in [7, 11) is 0. The third-order valence-corrected chi connectivity index (χ3v) is 2.35. The number of aliphatic hydroxyl groups excluding tert-OH is 1. The van der Waals surface area contributed by atoms with Crippen LogP contribution in [0, 0.1) is 18.7 Å². The molecule has 1 aromatic rings. The van der Waals surface area contributed by atoms with Gasteiger partial charge in [0.25, 0.3) is 0 Å². The van der Waals surface area contributed by atoms with Crippen LogP contribution in [0.4, 0.5) is 10.1 Å². The lowest BCUT2D eigenvalue weighted by Gasteiger charge is -2.14. The Hall–Kier alpha value is -1.13. The zero-order chi connectivity index (χ0) is 13.5. The van der Waals surface area contributed by atoms with Crippen molar-refractivity contribution >= 4 is 5.69 Å². The Labute approximate surface area is 108 Å². The SMILES string of the molecule is Cc1cc(F)cc(NCC(O)COCC(C)C)c1. The maximum atomic E-state index is 13.1. The minimum absolute atomic E-state index is 0.275. The summed E-state index contributed by atoms with van der Waals surface area (Å²) in [5.41, 5.74) is 1.53. The van der Waals surface area contributed by atoms with Gasteiger partial charge in [-0.05, 0) is 36.6 Å². The molecule has 1 unspecified atom stereocenters. The molecule has 0 bridgehead atoms. The van der Waals surface area contributed by atoms with E-state index in [1.807, 2.05) is 13.0 Å². The van der Waals surface area contributed by atoms with E-state index >= 15 is 0 Å². The maximum Gasteiger partial charge on any atom is 0.125 e. The Kier molecular flexibility index (Phi) is 6.09. The van der Waals surface area contributed by atoms with Gasteiger partial charge in [-0.15, -0.1) is 0 Å². The molecule has 0 aromatic heterocycles. The maximum absolute atomic E-state index is 13.1. The van der Waals surface area contributed by atoms with Gasteiger partial charge in [0.1, 0.15) is 5.82 Å². The van der Waals surface area contributed by atoms with Gasteiger partial charge in [0.05, 0.1) is 12.7 Å². The highest BCUT2D eigenvalue weighted by atomic mass is 19.1. The van der Waals surface area contributed by atoms with Gasteiger partial charge < -0.3 is 15.2 Å². The number of aryl methyl sites for hydroxylation is 1. The number of halogens is 1. The fourth-order valence-corrected chi connectivity index (χ4v) is 1.57. The molecule has 0 aliphatic carbocycles. The summed E-state index contributed by atoms with van der Waals surface area (Å²) < 4.78 is 18.4. The third kappa shape index (κ3) is 5.98. The van der Waals surface area contributed by atoms with E-state index in [1.54, 1.807) is 0 Å². The van der Waals surface area contributed by atoms with Crippen LogP contribution in [0.15, 0.2) is 18.2 Å². The van der Waals surface area contributed by atoms with Crippen molar-refractivity contribution in [2.24, 2.45) is 5.92 Å². The van der Waals surface area contributed by atoms with E-state index in [-0.39, 0.29) is 5.82 Å². The molecule has 1 rings (SSSR count). The second-order valence-electron chi connectivity index (χ2n) is 4.98. The van der Waals surface area contributed by atoms with Gasteiger partial charge in [-0.3, -0.25) is 0 Å². The first kappa shape index (κ1) is 14.9. The van der Waals surface area contributed by atoms with Crippen LogP contribution >= 0.6 is 0 Å². The van der Waals surface area contributed by atoms with Crippen LogP contribution in [0.25, 0.3) is 0 Å². The topological polar surface area (TPSA) is 41.5 Å². The molecule has 102 valence electrons. The largest absolute Gasteiger partial charge is 0.389 e. The van der Waals surface area contributed by atoms with Gasteiger partial charge in [-0.1, -0.05) is 13.8 Å². The first-order valence-electron chi connectivity index (χ1n) is 6.24. The number of benzene rings is 1. The number of nitrogens with one attached hydrogen (secondary N) is 1. The van der Waals surface area contributed by atoms with E-state index in [1.165, 1.54) is 12.1 Å². The molecule has 0 aliphatic rings. The predicted molar refractivity (Wildman–Crippen MR) is 71.3 cm³/mol. The molecule has 0 amide bonds. The molecule has 18 heavy (non-hydrogen) atoms. The predicted octanol–water partition coefficient (Wildman–Crippen LogP) is 2.58. The van der Waals surface area contributed by atoms with Crippen molar-refractivity contribution in [1.82, 2.24) is 0 Å². The van der Waals surface area contributed by atoms with Crippen LogP contribution in [-0.2, 0) is 4.74 Å². The summed E-state index contributed by atoms with van der Waals surface area (Å²) in [6, 6.07) is 4.72. The zero-order valence-corrected chi connectivity index (χ0v) is 11.2. The first-order chi connectivity index (χ1) is 8.47. The summed E-state index contributed by atoms with van der Waals surface area (Å²) in [4.78, 5) is 0. The molecule has 0 radical (unpaired) electrons. The monoisotopic (exact) mass is 255 g/mol. The number of aliphatic hydroxyl groups is 1. The summed E-state index contributed by atoms with van der Waals surface area (Å²) in [5, 5.41) is 12.7. The van der Waals surface area contributed by atoms with E-state index < -0.39 is 6.10 Å². The highest BCUT2D eigenvalue weighted by Crippen LogP contribution is 2.13. The first-order valence-corrected chi connectivity index (χ1v) is 6.24. The van der Waals surface area contributed by atoms with Gasteiger partial charge in [0.2, 0.25) is 0 Å². The van der Waals surface area contributed by atoms with Crippen molar-refractivity contribution in [2.45, 2.75) is 26.9 Å². The average molecular weight is 255 g/mol. The number of hydrogen-bond donors (Lipinski definition) is 2. The van der Waals surface area contributed by atoms with Crippen LogP contribution in [0.2, 0.25) is 0 Å². The lowest BCUT2D eigenvalue weighted by molar-refractivity contribution is 0.0318. The Morgan fingerprint density at radius 1 is 1.28 bits per heavy atom. The second kappa shape index (κ2) is 7.34. The van der Waals surface area contributed by atoms with E-state index in [2.05, 4.69) is 19.2 Å². The minimum atomic E-state index is -0.590. The molecule has 2 N–H and O–H groups in total. The van der Waals surface area contributed by atoms with Crippen LogP contribution in [0.1, 0.15) is 19.4 Å². The summed E-state index contributed by atoms with van der Waals surface area (Å²) in [6.07, 6.45) is -0.590. The van der Waals surface area contributed by atoms with Crippen molar-refractivity contribution in [3.05, 3.63) is 29.6 Å². The van der Waals surface area contributed by atoms with E-state index in [0.717, 1.165) is 5.56 Å². The van der Waals surface area contributed by atoms with Gasteiger partial charge in [-0.2, -0.15) is 0 Å². The summed E-state index contributed by atoms with van der Waals surface area (Å²) in [6.45, 7) is 7.22. The van der Waals surface area contributed by atoms with E-state index in [4.69, 9.17) is 4.74 Å². The highest BCUT2D eigenvalue weighted by Gasteiger charge is 2.05. The smallest absolute Gasteiger partial charge is 0.125 e. The molecule has 0 fully saturated rings. The van der Waals surface area contributed by atoms with E-state index in [9.17, 15) is 9.50 Å². The lowest BCUT2D eigenvalue weighted by atomic mass is 10.2. The minimum Gasteiger partial charge on any atom is -0.389 e. The number of hydrogen-bond acceptors (Lipinski definition) is 3.